The van der Waals surface area contributed by atoms with Crippen LogP contribution in [0.1, 0.15) is 77.7 Å². The molecule has 0 N–H and O–H groups in total. The summed E-state index contributed by atoms with van der Waals surface area (Å²) in [5.41, 5.74) is 1.14. The van der Waals surface area contributed by atoms with Gasteiger partial charge in [-0.2, -0.15) is 12.6 Å². The normalized spacial score (nSPS) is 13.1. The topological polar surface area (TPSA) is 18.5 Å². The summed E-state index contributed by atoms with van der Waals surface area (Å²) < 4.78 is 12.6. The van der Waals surface area contributed by atoms with Crippen LogP contribution in [-0.4, -0.2) is 19.0 Å². The predicted octanol–water partition coefficient (Wildman–Crippen LogP) is 6.60. The minimum atomic E-state index is -0.642. The van der Waals surface area contributed by atoms with Crippen LogP contribution in [0, 0.1) is 5.92 Å². The van der Waals surface area contributed by atoms with Gasteiger partial charge in [0.25, 0.3) is 0 Å². The van der Waals surface area contributed by atoms with Crippen molar-refractivity contribution in [1.29, 1.82) is 0 Å². The molecule has 0 aliphatic heterocycles. The lowest BCUT2D eigenvalue weighted by Gasteiger charge is -2.40. The van der Waals surface area contributed by atoms with E-state index in [9.17, 15) is 0 Å². The highest BCUT2D eigenvalue weighted by Crippen LogP contribution is 2.40. The fraction of sp³-hybridized carbons (Fsp3) is 0.727. The second kappa shape index (κ2) is 13.7. The predicted molar refractivity (Wildman–Crippen MR) is 111 cm³/mol. The average Bonchev–Trinajstić information content (AvgIpc) is 2.64. The van der Waals surface area contributed by atoms with E-state index in [0.29, 0.717) is 19.1 Å². The van der Waals surface area contributed by atoms with Crippen molar-refractivity contribution in [2.75, 3.05) is 19.0 Å². The summed E-state index contributed by atoms with van der Waals surface area (Å²) in [6, 6.07) is 10.5. The number of hydrogen-bond donors (Lipinski definition) is 1. The second-order valence-corrected chi connectivity index (χ2v) is 7.11. The zero-order chi connectivity index (χ0) is 18.4. The van der Waals surface area contributed by atoms with Crippen LogP contribution in [0.25, 0.3) is 0 Å². The third-order valence-corrected chi connectivity index (χ3v) is 5.07. The Kier molecular flexibility index (Phi) is 12.3. The van der Waals surface area contributed by atoms with Gasteiger partial charge in [0, 0.05) is 24.7 Å². The van der Waals surface area contributed by atoms with E-state index in [2.05, 4.69) is 57.7 Å². The Bertz CT molecular complexity index is 415. The van der Waals surface area contributed by atoms with Crippen LogP contribution < -0.4 is 0 Å². The molecule has 0 saturated heterocycles. The summed E-state index contributed by atoms with van der Waals surface area (Å²) in [6.45, 7) is 7.67. The molecule has 2 nitrogen and oxygen atoms in total. The molecule has 1 aromatic rings. The van der Waals surface area contributed by atoms with Crippen LogP contribution in [0.2, 0.25) is 0 Å². The smallest absolute Gasteiger partial charge is 0.197 e. The van der Waals surface area contributed by atoms with Crippen molar-refractivity contribution >= 4 is 12.6 Å². The molecule has 0 heterocycles. The first kappa shape index (κ1) is 22.5. The van der Waals surface area contributed by atoms with Crippen LogP contribution in [-0.2, 0) is 15.3 Å². The quantitative estimate of drug-likeness (QED) is 0.214. The van der Waals surface area contributed by atoms with Gasteiger partial charge in [-0.3, -0.25) is 0 Å². The molecule has 0 aliphatic rings. The Morgan fingerprint density at radius 2 is 1.44 bits per heavy atom. The lowest BCUT2D eigenvalue weighted by molar-refractivity contribution is -0.276. The third-order valence-electron chi connectivity index (χ3n) is 4.81. The zero-order valence-electron chi connectivity index (χ0n) is 16.5. The molecule has 0 aromatic heterocycles. The summed E-state index contributed by atoms with van der Waals surface area (Å²) in [6.07, 6.45) is 10.0. The minimum absolute atomic E-state index is 0.332. The Labute approximate surface area is 161 Å². The zero-order valence-corrected chi connectivity index (χ0v) is 17.4. The number of hydrogen-bond acceptors (Lipinski definition) is 3. The highest BCUT2D eigenvalue weighted by molar-refractivity contribution is 7.80. The molecule has 144 valence electrons. The maximum atomic E-state index is 6.31. The van der Waals surface area contributed by atoms with Gasteiger partial charge in [0.1, 0.15) is 0 Å². The van der Waals surface area contributed by atoms with E-state index in [4.69, 9.17) is 9.47 Å². The molecule has 1 atom stereocenters. The lowest BCUT2D eigenvalue weighted by Crippen LogP contribution is -2.41. The first-order valence-electron chi connectivity index (χ1n) is 10.2. The first-order chi connectivity index (χ1) is 12.2. The van der Waals surface area contributed by atoms with Crippen LogP contribution in [0.15, 0.2) is 30.3 Å². The molecule has 0 spiro atoms. The summed E-state index contributed by atoms with van der Waals surface area (Å²) in [7, 11) is 0. The molecule has 0 aliphatic carbocycles. The van der Waals surface area contributed by atoms with E-state index in [-0.39, 0.29) is 0 Å². The molecular formula is C22H38O2S. The van der Waals surface area contributed by atoms with Crippen molar-refractivity contribution in [1.82, 2.24) is 0 Å². The van der Waals surface area contributed by atoms with Gasteiger partial charge in [0.15, 0.2) is 5.79 Å². The van der Waals surface area contributed by atoms with Crippen molar-refractivity contribution in [2.45, 2.75) is 77.9 Å². The standard InChI is InChI=1S/C22H38O2S/c1-4-7-8-9-10-12-17-21(18-19-25)22(23-5-2,24-6-3)20-15-13-11-14-16-20/h11,13-16,21,25H,4-10,12,17-19H2,1-3H3. The monoisotopic (exact) mass is 366 g/mol. The molecule has 0 amide bonds. The van der Waals surface area contributed by atoms with E-state index in [1.54, 1.807) is 0 Å². The van der Waals surface area contributed by atoms with E-state index < -0.39 is 5.79 Å². The lowest BCUT2D eigenvalue weighted by atomic mass is 9.84. The van der Waals surface area contributed by atoms with Gasteiger partial charge in [0.2, 0.25) is 0 Å². The van der Waals surface area contributed by atoms with Gasteiger partial charge >= 0.3 is 0 Å². The largest absolute Gasteiger partial charge is 0.346 e. The van der Waals surface area contributed by atoms with Crippen molar-refractivity contribution in [3.8, 4) is 0 Å². The SMILES string of the molecule is CCCCCCCCC(CCS)C(OCC)(OCC)c1ccccc1. The van der Waals surface area contributed by atoms with Gasteiger partial charge in [0.05, 0.1) is 0 Å². The maximum absolute atomic E-state index is 6.31. The van der Waals surface area contributed by atoms with Crippen LogP contribution in [0.5, 0.6) is 0 Å². The third kappa shape index (κ3) is 7.32. The Morgan fingerprint density at radius 3 is 2.00 bits per heavy atom. The number of unbranched alkanes of at least 4 members (excludes halogenated alkanes) is 5. The second-order valence-electron chi connectivity index (χ2n) is 6.67. The molecule has 0 radical (unpaired) electrons. The maximum Gasteiger partial charge on any atom is 0.197 e. The van der Waals surface area contributed by atoms with Gasteiger partial charge in [-0.05, 0) is 32.4 Å². The van der Waals surface area contributed by atoms with Gasteiger partial charge in [-0.15, -0.1) is 0 Å². The van der Waals surface area contributed by atoms with E-state index in [1.807, 2.05) is 6.07 Å². The van der Waals surface area contributed by atoms with Crippen molar-refractivity contribution in [3.63, 3.8) is 0 Å². The van der Waals surface area contributed by atoms with E-state index >= 15 is 0 Å². The number of ether oxygens (including phenoxy) is 2. The van der Waals surface area contributed by atoms with Crippen molar-refractivity contribution in [2.24, 2.45) is 5.92 Å². The van der Waals surface area contributed by atoms with Gasteiger partial charge in [-0.1, -0.05) is 75.8 Å². The molecule has 3 heteroatoms. The van der Waals surface area contributed by atoms with Crippen LogP contribution in [0.3, 0.4) is 0 Å². The summed E-state index contributed by atoms with van der Waals surface area (Å²) >= 11 is 4.52. The van der Waals surface area contributed by atoms with Crippen LogP contribution in [0.4, 0.5) is 0 Å². The molecule has 0 bridgehead atoms. The minimum Gasteiger partial charge on any atom is -0.346 e. The molecule has 1 aromatic carbocycles. The Hall–Kier alpha value is -0.510. The molecule has 0 fully saturated rings. The highest BCUT2D eigenvalue weighted by atomic mass is 32.1. The van der Waals surface area contributed by atoms with Crippen LogP contribution >= 0.6 is 12.6 Å². The number of benzene rings is 1. The molecule has 1 unspecified atom stereocenters. The molecular weight excluding hydrogens is 328 g/mol. The fourth-order valence-corrected chi connectivity index (χ4v) is 3.94. The average molecular weight is 367 g/mol. The van der Waals surface area contributed by atoms with Crippen molar-refractivity contribution < 1.29 is 9.47 Å². The van der Waals surface area contributed by atoms with Crippen molar-refractivity contribution in [3.05, 3.63) is 35.9 Å². The van der Waals surface area contributed by atoms with E-state index in [1.165, 1.54) is 38.5 Å². The first-order valence-corrected chi connectivity index (χ1v) is 10.8. The fourth-order valence-electron chi connectivity index (χ4n) is 3.63. The molecule has 0 saturated carbocycles. The molecule has 25 heavy (non-hydrogen) atoms. The Balaban J connectivity index is 2.88. The highest BCUT2D eigenvalue weighted by Gasteiger charge is 2.41. The number of thiol groups is 1. The summed E-state index contributed by atoms with van der Waals surface area (Å²) in [4.78, 5) is 0. The van der Waals surface area contributed by atoms with Gasteiger partial charge < -0.3 is 9.47 Å². The molecule has 1 rings (SSSR count). The summed E-state index contributed by atoms with van der Waals surface area (Å²) in [5, 5.41) is 0. The number of rotatable bonds is 15. The van der Waals surface area contributed by atoms with Gasteiger partial charge in [-0.25, -0.2) is 0 Å². The summed E-state index contributed by atoms with van der Waals surface area (Å²) in [5.74, 6) is 0.546. The van der Waals surface area contributed by atoms with E-state index in [0.717, 1.165) is 24.2 Å². The Morgan fingerprint density at radius 1 is 0.840 bits per heavy atom.